The Labute approximate surface area is 77.9 Å². The van der Waals surface area contributed by atoms with E-state index in [0.29, 0.717) is 0 Å². The van der Waals surface area contributed by atoms with Gasteiger partial charge in [0.15, 0.2) is 0 Å². The first-order valence-corrected chi connectivity index (χ1v) is 5.12. The Bertz CT molecular complexity index is 304. The van der Waals surface area contributed by atoms with Crippen molar-refractivity contribution < 1.29 is 17.5 Å². The minimum atomic E-state index is -3.70. The fraction of sp³-hybridized carbons (Fsp3) is 0.571. The molecule has 0 radical (unpaired) electrons. The van der Waals surface area contributed by atoms with Gasteiger partial charge in [0, 0.05) is 5.57 Å². The molecule has 0 aromatic heterocycles. The van der Waals surface area contributed by atoms with Crippen molar-refractivity contribution in [3.63, 3.8) is 0 Å². The van der Waals surface area contributed by atoms with Crippen LogP contribution in [0.15, 0.2) is 12.2 Å². The maximum absolute atomic E-state index is 11.0. The summed E-state index contributed by atoms with van der Waals surface area (Å²) < 4.78 is 26.2. The number of amides is 1. The summed E-state index contributed by atoms with van der Waals surface area (Å²) in [6.45, 7) is 7.65. The second-order valence-corrected chi connectivity index (χ2v) is 4.93. The molecule has 5 nitrogen and oxygen atoms in total. The standard InChI is InChI=1S/C7H13NO4S/c1-5(2)7(9)8-12-13(10,11)6(3)4/h6H,1H2,2-4H3,(H,8,9). The Morgan fingerprint density at radius 1 is 1.46 bits per heavy atom. The van der Waals surface area contributed by atoms with E-state index >= 15 is 0 Å². The lowest BCUT2D eigenvalue weighted by atomic mass is 10.3. The van der Waals surface area contributed by atoms with Crippen LogP contribution in [0.3, 0.4) is 0 Å². The lowest BCUT2D eigenvalue weighted by Gasteiger charge is -2.07. The Morgan fingerprint density at radius 3 is 2.23 bits per heavy atom. The van der Waals surface area contributed by atoms with Crippen LogP contribution in [-0.2, 0) is 19.2 Å². The van der Waals surface area contributed by atoms with Gasteiger partial charge in [0.05, 0.1) is 5.25 Å². The van der Waals surface area contributed by atoms with E-state index in [4.69, 9.17) is 0 Å². The van der Waals surface area contributed by atoms with Gasteiger partial charge in [0.25, 0.3) is 16.0 Å². The first kappa shape index (κ1) is 12.1. The third-order valence-electron chi connectivity index (χ3n) is 1.22. The molecule has 13 heavy (non-hydrogen) atoms. The van der Waals surface area contributed by atoms with E-state index in [-0.39, 0.29) is 5.57 Å². The molecule has 0 saturated heterocycles. The van der Waals surface area contributed by atoms with Crippen LogP contribution in [0.1, 0.15) is 20.8 Å². The summed E-state index contributed by atoms with van der Waals surface area (Å²) in [5, 5.41) is -0.696. The number of hydrogen-bond acceptors (Lipinski definition) is 4. The highest BCUT2D eigenvalue weighted by Gasteiger charge is 2.18. The molecule has 0 heterocycles. The molecule has 6 heteroatoms. The third-order valence-corrected chi connectivity index (χ3v) is 2.69. The van der Waals surface area contributed by atoms with Crippen molar-refractivity contribution >= 4 is 16.0 Å². The predicted octanol–water partition coefficient (Wildman–Crippen LogP) is 0.349. The lowest BCUT2D eigenvalue weighted by Crippen LogP contribution is -2.30. The zero-order valence-electron chi connectivity index (χ0n) is 7.83. The highest BCUT2D eigenvalue weighted by molar-refractivity contribution is 7.87. The largest absolute Gasteiger partial charge is 0.290 e. The Morgan fingerprint density at radius 2 is 1.92 bits per heavy atom. The third kappa shape index (κ3) is 4.05. The normalized spacial score (nSPS) is 11.4. The molecule has 0 atom stereocenters. The Balaban J connectivity index is 4.20. The summed E-state index contributed by atoms with van der Waals surface area (Å²) in [5.41, 5.74) is 1.96. The monoisotopic (exact) mass is 207 g/mol. The van der Waals surface area contributed by atoms with Gasteiger partial charge in [-0.1, -0.05) is 6.58 Å². The number of carbonyl (C=O) groups excluding carboxylic acids is 1. The molecule has 0 fully saturated rings. The van der Waals surface area contributed by atoms with Gasteiger partial charge in [0.1, 0.15) is 0 Å². The summed E-state index contributed by atoms with van der Waals surface area (Å²) >= 11 is 0. The van der Waals surface area contributed by atoms with Gasteiger partial charge >= 0.3 is 0 Å². The van der Waals surface area contributed by atoms with Crippen molar-refractivity contribution in [3.8, 4) is 0 Å². The van der Waals surface area contributed by atoms with E-state index in [9.17, 15) is 13.2 Å². The molecule has 0 aliphatic carbocycles. The van der Waals surface area contributed by atoms with Gasteiger partial charge in [-0.3, -0.25) is 4.79 Å². The van der Waals surface area contributed by atoms with Gasteiger partial charge in [-0.05, 0) is 20.8 Å². The molecule has 0 aromatic rings. The average molecular weight is 207 g/mol. The van der Waals surface area contributed by atoms with Gasteiger partial charge in [0.2, 0.25) is 0 Å². The number of hydroxylamine groups is 1. The van der Waals surface area contributed by atoms with Crippen LogP contribution in [-0.4, -0.2) is 19.6 Å². The van der Waals surface area contributed by atoms with Crippen LogP contribution in [0, 0.1) is 0 Å². The van der Waals surface area contributed by atoms with Crippen LogP contribution < -0.4 is 5.48 Å². The molecule has 1 amide bonds. The Hall–Kier alpha value is -0.880. The van der Waals surface area contributed by atoms with Crippen molar-refractivity contribution in [2.45, 2.75) is 26.0 Å². The minimum Gasteiger partial charge on any atom is -0.267 e. The minimum absolute atomic E-state index is 0.180. The topological polar surface area (TPSA) is 72.5 Å². The van der Waals surface area contributed by atoms with Gasteiger partial charge in [-0.2, -0.15) is 8.42 Å². The van der Waals surface area contributed by atoms with E-state index in [1.807, 2.05) is 0 Å². The molecular formula is C7H13NO4S. The molecule has 0 rings (SSSR count). The summed E-state index contributed by atoms with van der Waals surface area (Å²) in [7, 11) is -3.70. The van der Waals surface area contributed by atoms with E-state index in [2.05, 4.69) is 10.9 Å². The summed E-state index contributed by atoms with van der Waals surface area (Å²) in [6, 6.07) is 0. The van der Waals surface area contributed by atoms with Gasteiger partial charge in [-0.15, -0.1) is 4.28 Å². The fourth-order valence-electron chi connectivity index (χ4n) is 0.279. The van der Waals surface area contributed by atoms with Crippen LogP contribution in [0.4, 0.5) is 0 Å². The molecule has 0 saturated carbocycles. The SMILES string of the molecule is C=C(C)C(=O)NOS(=O)(=O)C(C)C. The molecule has 0 aliphatic rings. The molecular weight excluding hydrogens is 194 g/mol. The zero-order chi connectivity index (χ0) is 10.6. The molecule has 0 aliphatic heterocycles. The smallest absolute Gasteiger partial charge is 0.267 e. The fourth-order valence-corrected chi connectivity index (χ4v) is 0.664. The van der Waals surface area contributed by atoms with Crippen LogP contribution >= 0.6 is 0 Å². The maximum Gasteiger partial charge on any atom is 0.290 e. The number of carbonyl (C=O) groups is 1. The van der Waals surface area contributed by atoms with Crippen LogP contribution in [0.5, 0.6) is 0 Å². The molecule has 0 spiro atoms. The lowest BCUT2D eigenvalue weighted by molar-refractivity contribution is -0.123. The van der Waals surface area contributed by atoms with E-state index < -0.39 is 21.3 Å². The molecule has 0 aromatic carbocycles. The summed E-state index contributed by atoms with van der Waals surface area (Å²) in [4.78, 5) is 10.8. The number of rotatable bonds is 4. The van der Waals surface area contributed by atoms with Crippen molar-refractivity contribution in [1.82, 2.24) is 5.48 Å². The average Bonchev–Trinajstić information content (AvgIpc) is 1.99. The number of nitrogens with one attached hydrogen (secondary N) is 1. The summed E-state index contributed by atoms with van der Waals surface area (Å²) in [5.74, 6) is -0.649. The Kier molecular flexibility index (Phi) is 4.09. The first-order valence-electron chi connectivity index (χ1n) is 3.65. The molecule has 1 N–H and O–H groups in total. The second-order valence-electron chi connectivity index (χ2n) is 2.84. The second kappa shape index (κ2) is 4.38. The highest BCUT2D eigenvalue weighted by atomic mass is 32.2. The summed E-state index contributed by atoms with van der Waals surface area (Å²) in [6.07, 6.45) is 0. The van der Waals surface area contributed by atoms with Crippen molar-refractivity contribution in [3.05, 3.63) is 12.2 Å². The van der Waals surface area contributed by atoms with Gasteiger partial charge in [-0.25, -0.2) is 5.48 Å². The predicted molar refractivity (Wildman–Crippen MR) is 48.1 cm³/mol. The first-order chi connectivity index (χ1) is 5.77. The quantitative estimate of drug-likeness (QED) is 0.533. The highest BCUT2D eigenvalue weighted by Crippen LogP contribution is 2.00. The number of hydrogen-bond donors (Lipinski definition) is 1. The molecule has 0 unspecified atom stereocenters. The van der Waals surface area contributed by atoms with Crippen LogP contribution in [0.25, 0.3) is 0 Å². The molecule has 76 valence electrons. The van der Waals surface area contributed by atoms with Crippen molar-refractivity contribution in [1.29, 1.82) is 0 Å². The van der Waals surface area contributed by atoms with Crippen LogP contribution in [0.2, 0.25) is 0 Å². The maximum atomic E-state index is 11.0. The molecule has 0 bridgehead atoms. The van der Waals surface area contributed by atoms with Gasteiger partial charge < -0.3 is 0 Å². The van der Waals surface area contributed by atoms with E-state index in [1.165, 1.54) is 20.8 Å². The van der Waals surface area contributed by atoms with Crippen molar-refractivity contribution in [2.24, 2.45) is 0 Å². The zero-order valence-corrected chi connectivity index (χ0v) is 8.64. The van der Waals surface area contributed by atoms with Crippen molar-refractivity contribution in [2.75, 3.05) is 0 Å². The van der Waals surface area contributed by atoms with E-state index in [0.717, 1.165) is 0 Å². The van der Waals surface area contributed by atoms with E-state index in [1.54, 1.807) is 5.48 Å².